The van der Waals surface area contributed by atoms with Gasteiger partial charge in [-0.25, -0.2) is 4.79 Å². The van der Waals surface area contributed by atoms with Crippen LogP contribution in [0.3, 0.4) is 0 Å². The second-order valence-corrected chi connectivity index (χ2v) is 8.85. The second-order valence-electron chi connectivity index (χ2n) is 7.82. The van der Waals surface area contributed by atoms with Crippen LogP contribution in [0, 0.1) is 0 Å². The highest BCUT2D eigenvalue weighted by molar-refractivity contribution is 7.09. The number of amides is 2. The first kappa shape index (κ1) is 19.3. The number of carbonyl (C=O) groups is 1. The number of benzene rings is 1. The number of nitrogens with zero attached hydrogens (tertiary/aromatic N) is 2. The van der Waals surface area contributed by atoms with Crippen LogP contribution in [-0.2, 0) is 13.0 Å². The van der Waals surface area contributed by atoms with Crippen molar-refractivity contribution in [3.05, 3.63) is 51.7 Å². The van der Waals surface area contributed by atoms with Crippen molar-refractivity contribution in [2.75, 3.05) is 38.1 Å². The summed E-state index contributed by atoms with van der Waals surface area (Å²) in [6.07, 6.45) is 4.85. The Morgan fingerprint density at radius 2 is 2.00 bits per heavy atom. The predicted octanol–water partition coefficient (Wildman–Crippen LogP) is 3.77. The Balaban J connectivity index is 1.43. The van der Waals surface area contributed by atoms with Crippen LogP contribution in [0.2, 0.25) is 0 Å². The zero-order chi connectivity index (χ0) is 19.3. The van der Waals surface area contributed by atoms with Crippen LogP contribution >= 0.6 is 11.3 Å². The summed E-state index contributed by atoms with van der Waals surface area (Å²) in [6, 6.07) is 11.1. The number of rotatable bonds is 6. The largest absolute Gasteiger partial charge is 0.374 e. The molecule has 2 aliphatic heterocycles. The lowest BCUT2D eigenvalue weighted by molar-refractivity contribution is 0.220. The van der Waals surface area contributed by atoms with E-state index in [2.05, 4.69) is 45.7 Å². The molecule has 1 fully saturated rings. The number of urea groups is 1. The molecule has 150 valence electrons. The maximum absolute atomic E-state index is 12.3. The minimum atomic E-state index is -0.0877. The molecule has 5 nitrogen and oxygen atoms in total. The number of hydrogen-bond acceptors (Lipinski definition) is 4. The van der Waals surface area contributed by atoms with Gasteiger partial charge < -0.3 is 15.5 Å². The lowest BCUT2D eigenvalue weighted by Gasteiger charge is -2.32. The van der Waals surface area contributed by atoms with Crippen molar-refractivity contribution >= 4 is 23.1 Å². The second kappa shape index (κ2) is 8.97. The Morgan fingerprint density at radius 1 is 1.14 bits per heavy atom. The van der Waals surface area contributed by atoms with Crippen molar-refractivity contribution in [3.8, 4) is 0 Å². The molecule has 4 rings (SSSR count). The predicted molar refractivity (Wildman–Crippen MR) is 116 cm³/mol. The molecule has 0 unspecified atom stereocenters. The first-order valence-electron chi connectivity index (χ1n) is 10.3. The Labute approximate surface area is 171 Å². The third kappa shape index (κ3) is 4.50. The van der Waals surface area contributed by atoms with Crippen LogP contribution in [0.25, 0.3) is 0 Å². The molecule has 1 atom stereocenters. The number of carbonyl (C=O) groups excluding carboxylic acids is 1. The topological polar surface area (TPSA) is 47.6 Å². The van der Waals surface area contributed by atoms with E-state index in [1.165, 1.54) is 41.0 Å². The van der Waals surface area contributed by atoms with Crippen molar-refractivity contribution in [2.24, 2.45) is 0 Å². The highest BCUT2D eigenvalue weighted by atomic mass is 32.1. The quantitative estimate of drug-likeness (QED) is 0.779. The van der Waals surface area contributed by atoms with E-state index < -0.39 is 0 Å². The molecule has 3 heterocycles. The van der Waals surface area contributed by atoms with E-state index in [9.17, 15) is 4.79 Å². The maximum atomic E-state index is 12.3. The molecule has 1 aromatic carbocycles. The normalized spacial score (nSPS) is 18.0. The zero-order valence-electron chi connectivity index (χ0n) is 16.6. The van der Waals surface area contributed by atoms with Crippen molar-refractivity contribution < 1.29 is 4.79 Å². The molecule has 0 aliphatic carbocycles. The van der Waals surface area contributed by atoms with Gasteiger partial charge in [0, 0.05) is 30.7 Å². The summed E-state index contributed by atoms with van der Waals surface area (Å²) in [4.78, 5) is 18.4. The molecule has 2 amide bonds. The number of thiophene rings is 1. The van der Waals surface area contributed by atoms with Crippen LogP contribution in [-0.4, -0.2) is 44.2 Å². The SMILES string of the molecule is CN1CCCc2cc([C@@H](CNC(=O)NCc3cccs3)N3CCCC3)ccc21. The number of hydrogen-bond donors (Lipinski definition) is 2. The van der Waals surface area contributed by atoms with Gasteiger partial charge in [0.2, 0.25) is 0 Å². The lowest BCUT2D eigenvalue weighted by atomic mass is 9.96. The molecule has 2 aliphatic rings. The Bertz CT molecular complexity index is 786. The van der Waals surface area contributed by atoms with Crippen LogP contribution in [0.15, 0.2) is 35.7 Å². The molecular weight excluding hydrogens is 368 g/mol. The number of nitrogens with one attached hydrogen (secondary N) is 2. The minimum Gasteiger partial charge on any atom is -0.374 e. The summed E-state index contributed by atoms with van der Waals surface area (Å²) in [5.74, 6) is 0. The summed E-state index contributed by atoms with van der Waals surface area (Å²) >= 11 is 1.67. The van der Waals surface area contributed by atoms with E-state index in [1.807, 2.05) is 17.5 Å². The summed E-state index contributed by atoms with van der Waals surface area (Å²) < 4.78 is 0. The third-order valence-electron chi connectivity index (χ3n) is 5.88. The van der Waals surface area contributed by atoms with Crippen LogP contribution in [0.5, 0.6) is 0 Å². The standard InChI is InChI=1S/C22H30N4OS/c1-25-10-4-6-17-14-18(8-9-20(17)25)21(26-11-2-3-12-26)16-24-22(27)23-15-19-7-5-13-28-19/h5,7-9,13-14,21H,2-4,6,10-12,15-16H2,1H3,(H2,23,24,27)/t21-/m1/s1. The van der Waals surface area contributed by atoms with Gasteiger partial charge >= 0.3 is 6.03 Å². The fraction of sp³-hybridized carbons (Fsp3) is 0.500. The molecule has 0 spiro atoms. The first-order valence-corrected chi connectivity index (χ1v) is 11.2. The molecule has 0 radical (unpaired) electrons. The Hall–Kier alpha value is -2.05. The first-order chi connectivity index (χ1) is 13.7. The molecule has 6 heteroatoms. The molecule has 0 bridgehead atoms. The minimum absolute atomic E-state index is 0.0877. The van der Waals surface area contributed by atoms with Gasteiger partial charge in [0.25, 0.3) is 0 Å². The summed E-state index contributed by atoms with van der Waals surface area (Å²) in [7, 11) is 2.18. The summed E-state index contributed by atoms with van der Waals surface area (Å²) in [5, 5.41) is 8.12. The van der Waals surface area contributed by atoms with Crippen LogP contribution in [0.1, 0.15) is 41.3 Å². The highest BCUT2D eigenvalue weighted by Gasteiger charge is 2.25. The van der Waals surface area contributed by atoms with Gasteiger partial charge in [-0.1, -0.05) is 18.2 Å². The fourth-order valence-corrected chi connectivity index (χ4v) is 5.00. The van der Waals surface area contributed by atoms with Gasteiger partial charge in [-0.15, -0.1) is 11.3 Å². The average Bonchev–Trinajstić information content (AvgIpc) is 3.41. The molecule has 2 aromatic rings. The van der Waals surface area contributed by atoms with E-state index in [0.29, 0.717) is 13.1 Å². The zero-order valence-corrected chi connectivity index (χ0v) is 17.4. The smallest absolute Gasteiger partial charge is 0.315 e. The highest BCUT2D eigenvalue weighted by Crippen LogP contribution is 2.31. The number of fused-ring (bicyclic) bond motifs is 1. The van der Waals surface area contributed by atoms with Gasteiger partial charge in [-0.05, 0) is 67.4 Å². The van der Waals surface area contributed by atoms with E-state index in [1.54, 1.807) is 11.3 Å². The number of likely N-dealkylation sites (tertiary alicyclic amines) is 1. The molecule has 0 saturated carbocycles. The average molecular weight is 399 g/mol. The van der Waals surface area contributed by atoms with Crippen molar-refractivity contribution in [3.63, 3.8) is 0 Å². The summed E-state index contributed by atoms with van der Waals surface area (Å²) in [5.41, 5.74) is 4.13. The van der Waals surface area contributed by atoms with Gasteiger partial charge in [0.1, 0.15) is 0 Å². The van der Waals surface area contributed by atoms with E-state index in [0.717, 1.165) is 26.1 Å². The maximum Gasteiger partial charge on any atom is 0.315 e. The van der Waals surface area contributed by atoms with Gasteiger partial charge in [-0.3, -0.25) is 4.90 Å². The van der Waals surface area contributed by atoms with Crippen molar-refractivity contribution in [1.82, 2.24) is 15.5 Å². The number of anilines is 1. The Kier molecular flexibility index (Phi) is 6.17. The molecule has 2 N–H and O–H groups in total. The lowest BCUT2D eigenvalue weighted by Crippen LogP contribution is -2.41. The summed E-state index contributed by atoms with van der Waals surface area (Å²) in [6.45, 7) is 4.59. The van der Waals surface area contributed by atoms with E-state index >= 15 is 0 Å². The molecule has 1 aromatic heterocycles. The van der Waals surface area contributed by atoms with Gasteiger partial charge in [-0.2, -0.15) is 0 Å². The molecular formula is C22H30N4OS. The monoisotopic (exact) mass is 398 g/mol. The van der Waals surface area contributed by atoms with Crippen molar-refractivity contribution in [1.29, 1.82) is 0 Å². The van der Waals surface area contributed by atoms with E-state index in [4.69, 9.17) is 0 Å². The van der Waals surface area contributed by atoms with Crippen molar-refractivity contribution in [2.45, 2.75) is 38.3 Å². The third-order valence-corrected chi connectivity index (χ3v) is 6.76. The van der Waals surface area contributed by atoms with Crippen LogP contribution < -0.4 is 15.5 Å². The van der Waals surface area contributed by atoms with E-state index in [-0.39, 0.29) is 12.1 Å². The molecule has 1 saturated heterocycles. The number of aryl methyl sites for hydroxylation is 1. The molecule has 28 heavy (non-hydrogen) atoms. The Morgan fingerprint density at radius 3 is 2.79 bits per heavy atom. The van der Waals surface area contributed by atoms with Crippen LogP contribution in [0.4, 0.5) is 10.5 Å². The van der Waals surface area contributed by atoms with Gasteiger partial charge in [0.05, 0.1) is 12.6 Å². The fourth-order valence-electron chi connectivity index (χ4n) is 4.36. The van der Waals surface area contributed by atoms with Gasteiger partial charge in [0.15, 0.2) is 0 Å².